The molecule has 0 saturated heterocycles. The van der Waals surface area contributed by atoms with Crippen LogP contribution in [-0.2, 0) is 4.74 Å². The Kier molecular flexibility index (Phi) is 6.08. The average Bonchev–Trinajstić information content (AvgIpc) is 2.33. The second-order valence-corrected chi connectivity index (χ2v) is 7.03. The van der Waals surface area contributed by atoms with E-state index in [1.54, 1.807) is 0 Å². The zero-order chi connectivity index (χ0) is 13.6. The van der Waals surface area contributed by atoms with Crippen molar-refractivity contribution >= 4 is 59.1 Å². The van der Waals surface area contributed by atoms with Crippen LogP contribution in [0.2, 0.25) is 0 Å². The Morgan fingerprint density at radius 1 is 1.39 bits per heavy atom. The molecule has 1 aromatic carbocycles. The molecule has 0 aromatic heterocycles. The smallest absolute Gasteiger partial charge is 0.440 e. The average molecular weight is 328 g/mol. The maximum absolute atomic E-state index is 11.4. The number of methoxy groups -OCH3 is 1. The SMILES string of the molecule is COC(=O)N(N=Cc1ccccc1)SC(Cl)(Cl)Cl. The molecule has 0 bridgehead atoms. The summed E-state index contributed by atoms with van der Waals surface area (Å²) < 4.78 is 3.68. The summed E-state index contributed by atoms with van der Waals surface area (Å²) in [6, 6.07) is 9.18. The normalized spacial score (nSPS) is 11.6. The molecule has 1 aromatic rings. The van der Waals surface area contributed by atoms with Gasteiger partial charge in [0.1, 0.15) is 0 Å². The summed E-state index contributed by atoms with van der Waals surface area (Å²) in [5.41, 5.74) is 0.802. The van der Waals surface area contributed by atoms with Gasteiger partial charge in [-0.15, -0.1) is 4.41 Å². The number of halogens is 3. The quantitative estimate of drug-likeness (QED) is 0.364. The minimum absolute atomic E-state index is 0.611. The number of rotatable bonds is 3. The number of carbonyl (C=O) groups excluding carboxylic acids is 1. The summed E-state index contributed by atoms with van der Waals surface area (Å²) in [6.45, 7) is 0. The van der Waals surface area contributed by atoms with Crippen molar-refractivity contribution in [3.05, 3.63) is 35.9 Å². The summed E-state index contributed by atoms with van der Waals surface area (Å²) in [7, 11) is 1.21. The van der Waals surface area contributed by atoms with Gasteiger partial charge >= 0.3 is 6.09 Å². The fourth-order valence-electron chi connectivity index (χ4n) is 0.942. The highest BCUT2D eigenvalue weighted by Crippen LogP contribution is 2.41. The number of hydrogen-bond donors (Lipinski definition) is 0. The summed E-state index contributed by atoms with van der Waals surface area (Å²) in [4.78, 5) is 11.4. The van der Waals surface area contributed by atoms with Gasteiger partial charge in [0.15, 0.2) is 0 Å². The number of hydrazone groups is 1. The van der Waals surface area contributed by atoms with Crippen LogP contribution < -0.4 is 0 Å². The number of benzene rings is 1. The van der Waals surface area contributed by atoms with Gasteiger partial charge in [0.05, 0.1) is 13.3 Å². The van der Waals surface area contributed by atoms with Gasteiger partial charge in [-0.05, 0) is 5.56 Å². The van der Waals surface area contributed by atoms with E-state index in [9.17, 15) is 4.79 Å². The molecule has 98 valence electrons. The number of carbonyl (C=O) groups is 1. The predicted molar refractivity (Wildman–Crippen MR) is 76.2 cm³/mol. The lowest BCUT2D eigenvalue weighted by Crippen LogP contribution is -2.22. The van der Waals surface area contributed by atoms with Crippen molar-refractivity contribution in [2.75, 3.05) is 7.11 Å². The second kappa shape index (κ2) is 7.09. The van der Waals surface area contributed by atoms with Crippen LogP contribution in [-0.4, -0.2) is 27.0 Å². The number of hydrogen-bond acceptors (Lipinski definition) is 4. The first-order chi connectivity index (χ1) is 8.42. The third kappa shape index (κ3) is 5.82. The molecule has 0 atom stereocenters. The summed E-state index contributed by atoms with van der Waals surface area (Å²) >= 11 is 17.4. The molecule has 0 aliphatic heterocycles. The maximum atomic E-state index is 11.4. The second-order valence-electron chi connectivity index (χ2n) is 2.94. The van der Waals surface area contributed by atoms with Gasteiger partial charge in [-0.25, -0.2) is 4.79 Å². The van der Waals surface area contributed by atoms with E-state index >= 15 is 0 Å². The molecule has 1 rings (SSSR count). The molecule has 0 fully saturated rings. The van der Waals surface area contributed by atoms with E-state index in [1.165, 1.54) is 13.3 Å². The maximum Gasteiger partial charge on any atom is 0.440 e. The molecule has 0 saturated carbocycles. The van der Waals surface area contributed by atoms with E-state index in [1.807, 2.05) is 30.3 Å². The van der Waals surface area contributed by atoms with Crippen LogP contribution in [0.4, 0.5) is 4.79 Å². The van der Waals surface area contributed by atoms with Crippen molar-refractivity contribution < 1.29 is 9.53 Å². The number of nitrogens with zero attached hydrogens (tertiary/aromatic N) is 2. The highest BCUT2D eigenvalue weighted by atomic mass is 35.6. The van der Waals surface area contributed by atoms with Crippen molar-refractivity contribution in [3.8, 4) is 0 Å². The molecular formula is C10H9Cl3N2O2S. The molecule has 4 nitrogen and oxygen atoms in total. The Labute approximate surface area is 124 Å². The van der Waals surface area contributed by atoms with Gasteiger partial charge in [0, 0.05) is 11.9 Å². The minimum atomic E-state index is -1.71. The lowest BCUT2D eigenvalue weighted by Gasteiger charge is -2.18. The molecule has 1 amide bonds. The van der Waals surface area contributed by atoms with Crippen LogP contribution in [0.15, 0.2) is 35.4 Å². The van der Waals surface area contributed by atoms with Gasteiger partial charge < -0.3 is 4.74 Å². The van der Waals surface area contributed by atoms with E-state index in [2.05, 4.69) is 9.84 Å². The number of amides is 1. The molecule has 0 radical (unpaired) electrons. The first kappa shape index (κ1) is 15.4. The van der Waals surface area contributed by atoms with E-state index in [0.717, 1.165) is 9.98 Å². The first-order valence-electron chi connectivity index (χ1n) is 4.65. The third-order valence-electron chi connectivity index (χ3n) is 1.63. The Balaban J connectivity index is 2.79. The van der Waals surface area contributed by atoms with Crippen molar-refractivity contribution in [1.82, 2.24) is 4.41 Å². The molecule has 18 heavy (non-hydrogen) atoms. The molecule has 0 N–H and O–H groups in total. The van der Waals surface area contributed by atoms with Crippen LogP contribution in [0.25, 0.3) is 0 Å². The van der Waals surface area contributed by atoms with Crippen molar-refractivity contribution in [2.45, 2.75) is 3.12 Å². The highest BCUT2D eigenvalue weighted by molar-refractivity contribution is 8.03. The van der Waals surface area contributed by atoms with E-state index in [-0.39, 0.29) is 0 Å². The lowest BCUT2D eigenvalue weighted by atomic mass is 10.2. The first-order valence-corrected chi connectivity index (χ1v) is 6.56. The minimum Gasteiger partial charge on any atom is -0.451 e. The predicted octanol–water partition coefficient (Wildman–Crippen LogP) is 4.06. The number of ether oxygens (including phenoxy) is 1. The molecule has 0 aliphatic rings. The fraction of sp³-hybridized carbons (Fsp3) is 0.200. The Morgan fingerprint density at radius 3 is 2.50 bits per heavy atom. The van der Waals surface area contributed by atoms with Gasteiger partial charge in [0.2, 0.25) is 0 Å². The van der Waals surface area contributed by atoms with Gasteiger partial charge in [0.25, 0.3) is 3.12 Å². The summed E-state index contributed by atoms with van der Waals surface area (Å²) in [6.07, 6.45) is 0.721. The van der Waals surface area contributed by atoms with Crippen molar-refractivity contribution in [3.63, 3.8) is 0 Å². The third-order valence-corrected chi connectivity index (χ3v) is 2.88. The molecule has 0 unspecified atom stereocenters. The zero-order valence-electron chi connectivity index (χ0n) is 9.22. The molecular weight excluding hydrogens is 319 g/mol. The van der Waals surface area contributed by atoms with E-state index in [4.69, 9.17) is 34.8 Å². The van der Waals surface area contributed by atoms with Crippen molar-refractivity contribution in [2.24, 2.45) is 5.10 Å². The van der Waals surface area contributed by atoms with E-state index in [0.29, 0.717) is 11.9 Å². The topological polar surface area (TPSA) is 41.9 Å². The number of alkyl halides is 3. The molecule has 8 heteroatoms. The molecule has 0 spiro atoms. The van der Waals surface area contributed by atoms with Crippen molar-refractivity contribution in [1.29, 1.82) is 0 Å². The highest BCUT2D eigenvalue weighted by Gasteiger charge is 2.29. The zero-order valence-corrected chi connectivity index (χ0v) is 12.3. The van der Waals surface area contributed by atoms with Gasteiger partial charge in [-0.2, -0.15) is 5.10 Å². The molecule has 0 aliphatic carbocycles. The van der Waals surface area contributed by atoms with Crippen LogP contribution in [0, 0.1) is 0 Å². The van der Waals surface area contributed by atoms with Gasteiger partial charge in [-0.1, -0.05) is 65.1 Å². The molecule has 0 heterocycles. The summed E-state index contributed by atoms with van der Waals surface area (Å²) in [5.74, 6) is 0. The van der Waals surface area contributed by atoms with Crippen LogP contribution in [0.5, 0.6) is 0 Å². The van der Waals surface area contributed by atoms with Crippen LogP contribution in [0.3, 0.4) is 0 Å². The van der Waals surface area contributed by atoms with Crippen LogP contribution in [0.1, 0.15) is 5.56 Å². The monoisotopic (exact) mass is 326 g/mol. The van der Waals surface area contributed by atoms with E-state index < -0.39 is 9.22 Å². The summed E-state index contributed by atoms with van der Waals surface area (Å²) in [5, 5.41) is 3.89. The Morgan fingerprint density at radius 2 is 2.00 bits per heavy atom. The largest absolute Gasteiger partial charge is 0.451 e. The lowest BCUT2D eigenvalue weighted by molar-refractivity contribution is 0.153. The Bertz CT molecular complexity index is 423. The standard InChI is InChI=1S/C10H9Cl3N2O2S/c1-17-9(16)15(18-10(11,12)13)14-7-8-5-3-2-4-6-8/h2-7H,1H3. The van der Waals surface area contributed by atoms with Gasteiger partial charge in [-0.3, -0.25) is 0 Å². The fourth-order valence-corrected chi connectivity index (χ4v) is 1.97. The van der Waals surface area contributed by atoms with Crippen LogP contribution >= 0.6 is 46.8 Å². The Hall–Kier alpha value is -0.620.